The van der Waals surface area contributed by atoms with E-state index in [1.54, 1.807) is 19.1 Å². The molecule has 0 fully saturated rings. The zero-order valence-electron chi connectivity index (χ0n) is 15.6. The van der Waals surface area contributed by atoms with E-state index in [-0.39, 0.29) is 17.2 Å². The fourth-order valence-electron chi connectivity index (χ4n) is 3.44. The highest BCUT2D eigenvalue weighted by Crippen LogP contribution is 2.38. The van der Waals surface area contributed by atoms with Gasteiger partial charge < -0.3 is 4.74 Å². The molecule has 0 atom stereocenters. The van der Waals surface area contributed by atoms with Crippen LogP contribution in [0.2, 0.25) is 0 Å². The summed E-state index contributed by atoms with van der Waals surface area (Å²) in [5.74, 6) is -0.127. The number of rotatable bonds is 4. The van der Waals surface area contributed by atoms with Gasteiger partial charge in [-0.15, -0.1) is 0 Å². The van der Waals surface area contributed by atoms with Crippen LogP contribution in [0.4, 0.5) is 0 Å². The molecule has 2 aromatic rings. The van der Waals surface area contributed by atoms with Gasteiger partial charge in [0.05, 0.1) is 12.2 Å². The lowest BCUT2D eigenvalue weighted by Crippen LogP contribution is -2.27. The maximum atomic E-state index is 12.4. The Bertz CT molecular complexity index is 873. The number of carbonyl (C=O) groups excluding carboxylic acids is 2. The van der Waals surface area contributed by atoms with Gasteiger partial charge in [0.2, 0.25) is 0 Å². The molecule has 0 saturated carbocycles. The number of fused-ring (bicyclic) bond motifs is 1. The molecule has 134 valence electrons. The monoisotopic (exact) mass is 348 g/mol. The van der Waals surface area contributed by atoms with Gasteiger partial charge in [-0.05, 0) is 59.2 Å². The summed E-state index contributed by atoms with van der Waals surface area (Å²) >= 11 is 0. The van der Waals surface area contributed by atoms with Crippen molar-refractivity contribution in [1.82, 2.24) is 0 Å². The molecule has 1 aliphatic carbocycles. The normalized spacial score (nSPS) is 15.3. The van der Waals surface area contributed by atoms with E-state index in [0.29, 0.717) is 18.6 Å². The van der Waals surface area contributed by atoms with Crippen molar-refractivity contribution in [3.63, 3.8) is 0 Å². The summed E-state index contributed by atoms with van der Waals surface area (Å²) in [6.07, 6.45) is 1.47. The van der Waals surface area contributed by atoms with Crippen molar-refractivity contribution >= 4 is 17.3 Å². The largest absolute Gasteiger partial charge is 0.462 e. The maximum Gasteiger partial charge on any atom is 0.338 e. The molecule has 0 N–H and O–H groups in total. The summed E-state index contributed by atoms with van der Waals surface area (Å²) in [4.78, 5) is 24.2. The van der Waals surface area contributed by atoms with Gasteiger partial charge in [-0.1, -0.05) is 44.7 Å². The predicted octanol–water partition coefficient (Wildman–Crippen LogP) is 5.18. The van der Waals surface area contributed by atoms with Crippen LogP contribution < -0.4 is 0 Å². The molecule has 0 spiro atoms. The van der Waals surface area contributed by atoms with Crippen molar-refractivity contribution in [3.05, 3.63) is 76.9 Å². The molecule has 0 aromatic heterocycles. The van der Waals surface area contributed by atoms with E-state index >= 15 is 0 Å². The Morgan fingerprint density at radius 2 is 1.69 bits per heavy atom. The van der Waals surface area contributed by atoms with E-state index in [1.807, 2.05) is 24.3 Å². The molecule has 0 saturated heterocycles. The lowest BCUT2D eigenvalue weighted by atomic mass is 9.71. The standard InChI is InChI=1S/C23H24O3/c1-5-26-22(25)17-8-6-16(7-9-17)15(2)18-10-11-20-19(14-18)21(24)12-13-23(20,3)4/h6-11,14H,2,5,12-13H2,1,3-4H3. The van der Waals surface area contributed by atoms with E-state index in [0.717, 1.165) is 34.2 Å². The van der Waals surface area contributed by atoms with Gasteiger partial charge in [-0.25, -0.2) is 4.79 Å². The SMILES string of the molecule is C=C(c1ccc(C(=O)OCC)cc1)c1ccc2c(c1)C(=O)CCC2(C)C. The smallest absolute Gasteiger partial charge is 0.338 e. The first kappa shape index (κ1) is 18.1. The zero-order valence-corrected chi connectivity index (χ0v) is 15.6. The summed E-state index contributed by atoms with van der Waals surface area (Å²) in [6.45, 7) is 10.7. The number of carbonyl (C=O) groups is 2. The Morgan fingerprint density at radius 1 is 1.08 bits per heavy atom. The topological polar surface area (TPSA) is 43.4 Å². The van der Waals surface area contributed by atoms with Crippen LogP contribution in [0, 0.1) is 0 Å². The minimum Gasteiger partial charge on any atom is -0.462 e. The highest BCUT2D eigenvalue weighted by atomic mass is 16.5. The van der Waals surface area contributed by atoms with Crippen LogP contribution in [0.5, 0.6) is 0 Å². The number of hydrogen-bond acceptors (Lipinski definition) is 3. The van der Waals surface area contributed by atoms with Gasteiger partial charge in [0.1, 0.15) is 0 Å². The lowest BCUT2D eigenvalue weighted by molar-refractivity contribution is 0.0526. The van der Waals surface area contributed by atoms with Crippen molar-refractivity contribution in [3.8, 4) is 0 Å². The maximum absolute atomic E-state index is 12.4. The van der Waals surface area contributed by atoms with E-state index in [2.05, 4.69) is 26.5 Å². The summed E-state index contributed by atoms with van der Waals surface area (Å²) in [5.41, 5.74) is 5.14. The first-order valence-electron chi connectivity index (χ1n) is 8.98. The molecule has 3 nitrogen and oxygen atoms in total. The fraction of sp³-hybridized carbons (Fsp3) is 0.304. The Hall–Kier alpha value is -2.68. The minimum absolute atomic E-state index is 0.0182. The second-order valence-corrected chi connectivity index (χ2v) is 7.34. The highest BCUT2D eigenvalue weighted by Gasteiger charge is 2.31. The molecule has 0 radical (unpaired) electrons. The Balaban J connectivity index is 1.90. The van der Waals surface area contributed by atoms with Crippen LogP contribution >= 0.6 is 0 Å². The molecule has 0 amide bonds. The van der Waals surface area contributed by atoms with E-state index in [1.165, 1.54) is 0 Å². The van der Waals surface area contributed by atoms with Gasteiger partial charge in [-0.3, -0.25) is 4.79 Å². The van der Waals surface area contributed by atoms with Crippen LogP contribution in [0.15, 0.2) is 49.0 Å². The van der Waals surface area contributed by atoms with E-state index < -0.39 is 0 Å². The molecule has 0 bridgehead atoms. The van der Waals surface area contributed by atoms with Crippen molar-refractivity contribution < 1.29 is 14.3 Å². The average Bonchev–Trinajstić information content (AvgIpc) is 2.64. The lowest BCUT2D eigenvalue weighted by Gasteiger charge is -2.32. The second-order valence-electron chi connectivity index (χ2n) is 7.34. The molecule has 0 unspecified atom stereocenters. The molecule has 1 aliphatic rings. The van der Waals surface area contributed by atoms with E-state index in [9.17, 15) is 9.59 Å². The molecule has 3 heteroatoms. The van der Waals surface area contributed by atoms with Gasteiger partial charge in [0, 0.05) is 12.0 Å². The second kappa shape index (κ2) is 6.91. The van der Waals surface area contributed by atoms with Crippen LogP contribution in [-0.2, 0) is 10.2 Å². The number of esters is 1. The van der Waals surface area contributed by atoms with Gasteiger partial charge in [-0.2, -0.15) is 0 Å². The molecular formula is C23H24O3. The number of Topliss-reactive ketones (excluding diaryl/α,β-unsaturated/α-hetero) is 1. The summed E-state index contributed by atoms with van der Waals surface area (Å²) in [7, 11) is 0. The highest BCUT2D eigenvalue weighted by molar-refractivity contribution is 6.00. The predicted molar refractivity (Wildman–Crippen MR) is 104 cm³/mol. The first-order valence-corrected chi connectivity index (χ1v) is 8.98. The summed E-state index contributed by atoms with van der Waals surface area (Å²) < 4.78 is 5.01. The quantitative estimate of drug-likeness (QED) is 0.715. The van der Waals surface area contributed by atoms with Gasteiger partial charge in [0.15, 0.2) is 5.78 Å². The molecule has 2 aromatic carbocycles. The van der Waals surface area contributed by atoms with Crippen LogP contribution in [0.3, 0.4) is 0 Å². The third-order valence-corrected chi connectivity index (χ3v) is 5.12. The molecule has 3 rings (SSSR count). The third-order valence-electron chi connectivity index (χ3n) is 5.12. The van der Waals surface area contributed by atoms with Crippen molar-refractivity contribution in [2.24, 2.45) is 0 Å². The van der Waals surface area contributed by atoms with E-state index in [4.69, 9.17) is 4.74 Å². The summed E-state index contributed by atoms with van der Waals surface area (Å²) in [6, 6.07) is 13.2. The fourth-order valence-corrected chi connectivity index (χ4v) is 3.44. The van der Waals surface area contributed by atoms with Crippen LogP contribution in [0.1, 0.15) is 71.0 Å². The Morgan fingerprint density at radius 3 is 2.35 bits per heavy atom. The van der Waals surface area contributed by atoms with Crippen LogP contribution in [0.25, 0.3) is 5.57 Å². The summed E-state index contributed by atoms with van der Waals surface area (Å²) in [5, 5.41) is 0. The van der Waals surface area contributed by atoms with Gasteiger partial charge >= 0.3 is 5.97 Å². The molecular weight excluding hydrogens is 324 g/mol. The van der Waals surface area contributed by atoms with Gasteiger partial charge in [0.25, 0.3) is 0 Å². The minimum atomic E-state index is -0.328. The molecule has 0 aliphatic heterocycles. The number of hydrogen-bond donors (Lipinski definition) is 0. The third kappa shape index (κ3) is 3.34. The Kier molecular flexibility index (Phi) is 4.82. The molecule has 0 heterocycles. The van der Waals surface area contributed by atoms with Crippen LogP contribution in [-0.4, -0.2) is 18.4 Å². The molecule has 26 heavy (non-hydrogen) atoms. The zero-order chi connectivity index (χ0) is 18.9. The van der Waals surface area contributed by atoms with Crippen molar-refractivity contribution in [2.75, 3.05) is 6.61 Å². The number of ether oxygens (including phenoxy) is 1. The number of benzene rings is 2. The van der Waals surface area contributed by atoms with Crippen molar-refractivity contribution in [1.29, 1.82) is 0 Å². The Labute approximate surface area is 154 Å². The average molecular weight is 348 g/mol. The van der Waals surface area contributed by atoms with Crippen molar-refractivity contribution in [2.45, 2.75) is 39.0 Å². The number of ketones is 1. The first-order chi connectivity index (χ1) is 12.3.